The summed E-state index contributed by atoms with van der Waals surface area (Å²) in [6.07, 6.45) is 4.90. The van der Waals surface area contributed by atoms with Gasteiger partial charge in [0.1, 0.15) is 11.5 Å². The van der Waals surface area contributed by atoms with Gasteiger partial charge in [0.2, 0.25) is 0 Å². The third-order valence-corrected chi connectivity index (χ3v) is 3.49. The number of carbonyl (C=O) groups excluding carboxylic acids is 1. The van der Waals surface area contributed by atoms with Crippen LogP contribution < -0.4 is 9.47 Å². The molecule has 2 aromatic rings. The van der Waals surface area contributed by atoms with Gasteiger partial charge in [0.15, 0.2) is 0 Å². The molecule has 0 spiro atoms. The van der Waals surface area contributed by atoms with Gasteiger partial charge in [0.05, 0.1) is 21.3 Å². The number of esters is 1. The van der Waals surface area contributed by atoms with Crippen LogP contribution in [0.15, 0.2) is 66.8 Å². The van der Waals surface area contributed by atoms with Crippen molar-refractivity contribution in [3.05, 3.63) is 77.9 Å². The van der Waals surface area contributed by atoms with Crippen LogP contribution >= 0.6 is 0 Å². The van der Waals surface area contributed by atoms with Crippen LogP contribution in [0.3, 0.4) is 0 Å². The van der Waals surface area contributed by atoms with E-state index in [-0.39, 0.29) is 0 Å². The van der Waals surface area contributed by atoms with E-state index in [1.54, 1.807) is 20.3 Å². The zero-order chi connectivity index (χ0) is 17.4. The Morgan fingerprint density at radius 1 is 0.917 bits per heavy atom. The predicted molar refractivity (Wildman–Crippen MR) is 94.2 cm³/mol. The third kappa shape index (κ3) is 4.26. The van der Waals surface area contributed by atoms with Crippen molar-refractivity contribution in [2.75, 3.05) is 21.3 Å². The molecule has 4 nitrogen and oxygen atoms in total. The van der Waals surface area contributed by atoms with Gasteiger partial charge in [-0.1, -0.05) is 42.5 Å². The Balaban J connectivity index is 2.50. The highest BCUT2D eigenvalue weighted by atomic mass is 16.5. The molecule has 0 N–H and O–H groups in total. The lowest BCUT2D eigenvalue weighted by Gasteiger charge is -2.13. The molecule has 24 heavy (non-hydrogen) atoms. The zero-order valence-corrected chi connectivity index (χ0v) is 14.0. The van der Waals surface area contributed by atoms with Crippen LogP contribution in [-0.4, -0.2) is 27.3 Å². The molecule has 0 saturated heterocycles. The molecule has 0 aliphatic carbocycles. The van der Waals surface area contributed by atoms with E-state index in [1.807, 2.05) is 54.6 Å². The van der Waals surface area contributed by atoms with E-state index in [0.29, 0.717) is 0 Å². The van der Waals surface area contributed by atoms with E-state index in [2.05, 4.69) is 4.74 Å². The summed E-state index contributed by atoms with van der Waals surface area (Å²) in [6, 6.07) is 15.4. The molecule has 0 fully saturated rings. The fourth-order valence-corrected chi connectivity index (χ4v) is 2.27. The lowest BCUT2D eigenvalue weighted by atomic mass is 9.96. The first-order valence-electron chi connectivity index (χ1n) is 7.43. The number of benzene rings is 2. The zero-order valence-electron chi connectivity index (χ0n) is 14.0. The first kappa shape index (κ1) is 17.3. The highest BCUT2D eigenvalue weighted by molar-refractivity contribution is 5.86. The van der Waals surface area contributed by atoms with Gasteiger partial charge in [-0.05, 0) is 29.3 Å². The molecule has 4 heteroatoms. The van der Waals surface area contributed by atoms with Gasteiger partial charge in [-0.3, -0.25) is 0 Å². The van der Waals surface area contributed by atoms with Crippen LogP contribution in [0.1, 0.15) is 11.1 Å². The smallest absolute Gasteiger partial charge is 0.330 e. The van der Waals surface area contributed by atoms with Gasteiger partial charge in [-0.25, -0.2) is 4.79 Å². The lowest BCUT2D eigenvalue weighted by Crippen LogP contribution is -1.95. The monoisotopic (exact) mass is 324 g/mol. The molecule has 0 amide bonds. The Morgan fingerprint density at radius 2 is 1.62 bits per heavy atom. The maximum absolute atomic E-state index is 11.3. The van der Waals surface area contributed by atoms with E-state index < -0.39 is 5.97 Å². The van der Waals surface area contributed by atoms with Crippen LogP contribution in [0, 0.1) is 0 Å². The van der Waals surface area contributed by atoms with Crippen LogP contribution in [-0.2, 0) is 9.53 Å². The number of hydrogen-bond acceptors (Lipinski definition) is 4. The van der Waals surface area contributed by atoms with Crippen molar-refractivity contribution in [3.8, 4) is 11.5 Å². The second-order valence-electron chi connectivity index (χ2n) is 4.89. The Hall–Kier alpha value is -3.01. The molecule has 0 aliphatic heterocycles. The number of allylic oxidation sites excluding steroid dienone is 2. The fraction of sp³-hybridized carbons (Fsp3) is 0.150. The average Bonchev–Trinajstić information content (AvgIpc) is 2.65. The van der Waals surface area contributed by atoms with Gasteiger partial charge < -0.3 is 14.2 Å². The summed E-state index contributed by atoms with van der Waals surface area (Å²) < 4.78 is 15.3. The van der Waals surface area contributed by atoms with Crippen LogP contribution in [0.2, 0.25) is 0 Å². The predicted octanol–water partition coefficient (Wildman–Crippen LogP) is 3.86. The molecule has 0 heterocycles. The van der Waals surface area contributed by atoms with Crippen molar-refractivity contribution >= 4 is 11.5 Å². The van der Waals surface area contributed by atoms with E-state index in [4.69, 9.17) is 9.47 Å². The van der Waals surface area contributed by atoms with E-state index >= 15 is 0 Å². The molecule has 0 saturated carbocycles. The average molecular weight is 324 g/mol. The van der Waals surface area contributed by atoms with E-state index in [9.17, 15) is 4.79 Å². The molecule has 2 aromatic carbocycles. The Labute approximate surface area is 142 Å². The second-order valence-corrected chi connectivity index (χ2v) is 4.89. The summed E-state index contributed by atoms with van der Waals surface area (Å²) in [5.74, 6) is 1.13. The fourth-order valence-electron chi connectivity index (χ4n) is 2.27. The minimum atomic E-state index is -0.402. The van der Waals surface area contributed by atoms with Gasteiger partial charge >= 0.3 is 5.97 Å². The normalized spacial score (nSPS) is 11.4. The maximum Gasteiger partial charge on any atom is 0.330 e. The number of para-hydroxylation sites is 1. The standard InChI is InChI=1S/C20H20O4/c1-22-16-13-11-15(12-14-16)17(8-6-10-20(21)24-3)18-7-4-5-9-19(18)23-2/h4-14H,1-3H3/b10-6+,17-8+. The van der Waals surface area contributed by atoms with Crippen molar-refractivity contribution in [1.29, 1.82) is 0 Å². The first-order valence-corrected chi connectivity index (χ1v) is 7.43. The molecule has 0 atom stereocenters. The van der Waals surface area contributed by atoms with Crippen LogP contribution in [0.4, 0.5) is 0 Å². The summed E-state index contributed by atoms with van der Waals surface area (Å²) in [5, 5.41) is 0. The molecule has 2 rings (SSSR count). The summed E-state index contributed by atoms with van der Waals surface area (Å²) >= 11 is 0. The molecule has 0 aromatic heterocycles. The largest absolute Gasteiger partial charge is 0.497 e. The first-order chi connectivity index (χ1) is 11.7. The molecule has 0 radical (unpaired) electrons. The number of rotatable bonds is 6. The maximum atomic E-state index is 11.3. The van der Waals surface area contributed by atoms with Gasteiger partial charge in [0, 0.05) is 11.6 Å². The van der Waals surface area contributed by atoms with Crippen LogP contribution in [0.5, 0.6) is 11.5 Å². The Morgan fingerprint density at radius 3 is 2.25 bits per heavy atom. The van der Waals surface area contributed by atoms with Crippen molar-refractivity contribution in [1.82, 2.24) is 0 Å². The molecular formula is C20H20O4. The molecular weight excluding hydrogens is 304 g/mol. The molecule has 0 unspecified atom stereocenters. The quantitative estimate of drug-likeness (QED) is 0.460. The molecule has 124 valence electrons. The minimum absolute atomic E-state index is 0.402. The van der Waals surface area contributed by atoms with Gasteiger partial charge in [-0.15, -0.1) is 0 Å². The summed E-state index contributed by atoms with van der Waals surface area (Å²) in [6.45, 7) is 0. The Kier molecular flexibility index (Phi) is 6.20. The minimum Gasteiger partial charge on any atom is -0.497 e. The highest BCUT2D eigenvalue weighted by Crippen LogP contribution is 2.31. The number of hydrogen-bond donors (Lipinski definition) is 0. The summed E-state index contributed by atoms with van der Waals surface area (Å²) in [4.78, 5) is 11.3. The SMILES string of the molecule is COC(=O)/C=C/C=C(\c1ccc(OC)cc1)c1ccccc1OC. The second kappa shape index (κ2) is 8.58. The summed E-state index contributed by atoms with van der Waals surface area (Å²) in [5.41, 5.74) is 2.84. The van der Waals surface area contributed by atoms with Crippen LogP contribution in [0.25, 0.3) is 5.57 Å². The number of carbonyl (C=O) groups is 1. The van der Waals surface area contributed by atoms with Crippen molar-refractivity contribution in [3.63, 3.8) is 0 Å². The Bertz CT molecular complexity index is 742. The topological polar surface area (TPSA) is 44.8 Å². The van der Waals surface area contributed by atoms with E-state index in [1.165, 1.54) is 13.2 Å². The van der Waals surface area contributed by atoms with Crippen molar-refractivity contribution in [2.45, 2.75) is 0 Å². The highest BCUT2D eigenvalue weighted by Gasteiger charge is 2.10. The number of ether oxygens (including phenoxy) is 3. The van der Waals surface area contributed by atoms with Crippen molar-refractivity contribution in [2.24, 2.45) is 0 Å². The van der Waals surface area contributed by atoms with E-state index in [0.717, 1.165) is 28.2 Å². The summed E-state index contributed by atoms with van der Waals surface area (Å²) in [7, 11) is 4.61. The van der Waals surface area contributed by atoms with Gasteiger partial charge in [-0.2, -0.15) is 0 Å². The van der Waals surface area contributed by atoms with Gasteiger partial charge in [0.25, 0.3) is 0 Å². The molecule has 0 aliphatic rings. The third-order valence-electron chi connectivity index (χ3n) is 3.49. The number of methoxy groups -OCH3 is 3. The molecule has 0 bridgehead atoms. The lowest BCUT2D eigenvalue weighted by molar-refractivity contribution is -0.134. The van der Waals surface area contributed by atoms with Crippen molar-refractivity contribution < 1.29 is 19.0 Å².